The number of carbonyl (C=O) groups is 6. The number of cyclic esters (lactones) is 2. The molecule has 4 N–H and O–H groups in total. The molecule has 2 aliphatic heterocycles. The zero-order chi connectivity index (χ0) is 49.3. The van der Waals surface area contributed by atoms with Crippen LogP contribution < -0.4 is 0 Å². The van der Waals surface area contributed by atoms with Crippen LogP contribution in [0.1, 0.15) is 82.1 Å². The number of Topliss-reactive ketones (excluding diaryl/α,β-unsaturated/α-hetero) is 2. The van der Waals surface area contributed by atoms with Crippen LogP contribution in [-0.2, 0) is 47.7 Å². The molecule has 0 aromatic carbocycles. The molecule has 6 atom stereocenters. The third-order valence-electron chi connectivity index (χ3n) is 11.4. The average molecular weight is 909 g/mol. The quantitative estimate of drug-likeness (QED) is 0.0671. The summed E-state index contributed by atoms with van der Waals surface area (Å²) in [6.45, 7) is 18.9. The van der Waals surface area contributed by atoms with Gasteiger partial charge in [-0.1, -0.05) is 135 Å². The van der Waals surface area contributed by atoms with E-state index in [1.165, 1.54) is 0 Å². The normalized spacial score (nSPS) is 25.4. The number of hydrogen-bond acceptors (Lipinski definition) is 14. The van der Waals surface area contributed by atoms with E-state index in [-0.39, 0.29) is 12.8 Å². The molecule has 0 saturated heterocycles. The van der Waals surface area contributed by atoms with Crippen molar-refractivity contribution in [3.05, 3.63) is 153 Å². The predicted octanol–water partition coefficient (Wildman–Crippen LogP) is 7.46. The van der Waals surface area contributed by atoms with Crippen LogP contribution in [-0.4, -0.2) is 92.5 Å². The van der Waals surface area contributed by atoms with Gasteiger partial charge in [-0.2, -0.15) is 0 Å². The first kappa shape index (κ1) is 52.0. The molecular formula is C52H60O14. The molecule has 14 nitrogen and oxygen atoms in total. The van der Waals surface area contributed by atoms with E-state index in [0.29, 0.717) is 11.1 Å². The summed E-state index contributed by atoms with van der Waals surface area (Å²) in [4.78, 5) is 74.5. The summed E-state index contributed by atoms with van der Waals surface area (Å²) in [7, 11) is 0. The average Bonchev–Trinajstić information content (AvgIpc) is 3.76. The van der Waals surface area contributed by atoms with Crippen molar-refractivity contribution in [3.63, 3.8) is 0 Å². The Balaban J connectivity index is 1.27. The molecule has 352 valence electrons. The van der Waals surface area contributed by atoms with Gasteiger partial charge in [0, 0.05) is 25.0 Å². The Labute approximate surface area is 385 Å². The Hall–Kier alpha value is -6.64. The highest BCUT2D eigenvalue weighted by Crippen LogP contribution is 2.42. The fourth-order valence-corrected chi connectivity index (χ4v) is 7.64. The fraction of sp³-hybridized carbons (Fsp3) is 0.385. The van der Waals surface area contributed by atoms with Crippen LogP contribution in [0.25, 0.3) is 0 Å². The van der Waals surface area contributed by atoms with Gasteiger partial charge in [0.25, 0.3) is 0 Å². The maximum Gasteiger partial charge on any atom is 0.373 e. The van der Waals surface area contributed by atoms with Gasteiger partial charge in [0.1, 0.15) is 0 Å². The maximum absolute atomic E-state index is 13.2. The highest BCUT2D eigenvalue weighted by Gasteiger charge is 2.44. The summed E-state index contributed by atoms with van der Waals surface area (Å²) >= 11 is 0. The van der Waals surface area contributed by atoms with Crippen LogP contribution in [0, 0.1) is 10.8 Å². The number of ketones is 2. The molecule has 0 radical (unpaired) electrons. The van der Waals surface area contributed by atoms with Crippen molar-refractivity contribution in [2.45, 2.75) is 119 Å². The minimum absolute atomic E-state index is 0.175. The zero-order valence-corrected chi connectivity index (χ0v) is 39.0. The summed E-state index contributed by atoms with van der Waals surface area (Å²) in [6, 6.07) is 0. The Bertz CT molecular complexity index is 2250. The van der Waals surface area contributed by atoms with Crippen LogP contribution in [0.5, 0.6) is 0 Å². The molecule has 0 amide bonds. The van der Waals surface area contributed by atoms with Gasteiger partial charge in [0.15, 0.2) is 48.2 Å². The zero-order valence-electron chi connectivity index (χ0n) is 39.0. The van der Waals surface area contributed by atoms with Crippen LogP contribution in [0.15, 0.2) is 153 Å². The largest absolute Gasteiger partial charge is 0.502 e. The van der Waals surface area contributed by atoms with E-state index in [1.54, 1.807) is 13.8 Å². The van der Waals surface area contributed by atoms with Crippen molar-refractivity contribution in [2.75, 3.05) is 0 Å². The number of esters is 4. The van der Waals surface area contributed by atoms with Crippen molar-refractivity contribution in [2.24, 2.45) is 10.8 Å². The second kappa shape index (κ2) is 22.0. The van der Waals surface area contributed by atoms with Gasteiger partial charge in [0.2, 0.25) is 11.5 Å². The van der Waals surface area contributed by atoms with E-state index in [9.17, 15) is 49.2 Å². The second-order valence-corrected chi connectivity index (χ2v) is 18.0. The van der Waals surface area contributed by atoms with Crippen molar-refractivity contribution >= 4 is 35.4 Å². The molecule has 0 bridgehead atoms. The first-order chi connectivity index (χ1) is 30.8. The number of aliphatic hydroxyl groups excluding tert-OH is 4. The van der Waals surface area contributed by atoms with Crippen LogP contribution in [0.2, 0.25) is 0 Å². The molecule has 0 saturated carbocycles. The first-order valence-corrected chi connectivity index (χ1v) is 21.4. The molecule has 66 heavy (non-hydrogen) atoms. The highest BCUT2D eigenvalue weighted by atomic mass is 16.6. The smallest absolute Gasteiger partial charge is 0.373 e. The number of carbonyl (C=O) groups excluding carboxylic acids is 6. The lowest BCUT2D eigenvalue weighted by Gasteiger charge is -2.36. The van der Waals surface area contributed by atoms with E-state index < -0.39 is 94.4 Å². The lowest BCUT2D eigenvalue weighted by molar-refractivity contribution is -0.171. The van der Waals surface area contributed by atoms with Crippen LogP contribution in [0.3, 0.4) is 0 Å². The number of hydrogen-bond donors (Lipinski definition) is 4. The van der Waals surface area contributed by atoms with Crippen LogP contribution in [0.4, 0.5) is 0 Å². The minimum atomic E-state index is -1.89. The van der Waals surface area contributed by atoms with Gasteiger partial charge < -0.3 is 39.4 Å². The topological polar surface area (TPSA) is 220 Å². The fourth-order valence-electron chi connectivity index (χ4n) is 7.64. The van der Waals surface area contributed by atoms with Crippen molar-refractivity contribution in [3.8, 4) is 0 Å². The van der Waals surface area contributed by atoms with Crippen molar-refractivity contribution in [1.29, 1.82) is 0 Å². The molecule has 2 heterocycles. The molecular weight excluding hydrogens is 849 g/mol. The van der Waals surface area contributed by atoms with Gasteiger partial charge in [-0.05, 0) is 74.7 Å². The summed E-state index contributed by atoms with van der Waals surface area (Å²) in [5.41, 5.74) is 5.25. The maximum atomic E-state index is 13.2. The SMILES string of the molecule is CC1=C(/C=C/C(C)=C/C=C/C(C)=C/C=C/C=C(C)/C=C/C=C(C)/C=C/C2=C(C)C(=O)C(OC(=O)C(O)C3C=C(O)C(=O)O3)CC2(C)C)C(C)(C)CC(OC(=O)C(O)C2C=C(O)C(=O)O2)C1=O. The summed E-state index contributed by atoms with van der Waals surface area (Å²) in [6.07, 6.45) is 20.5. The van der Waals surface area contributed by atoms with E-state index in [2.05, 4.69) is 0 Å². The Morgan fingerprint density at radius 1 is 0.591 bits per heavy atom. The summed E-state index contributed by atoms with van der Waals surface area (Å²) < 4.78 is 20.2. The Kier molecular flexibility index (Phi) is 17.4. The van der Waals surface area contributed by atoms with E-state index in [1.807, 2.05) is 140 Å². The lowest BCUT2D eigenvalue weighted by Crippen LogP contribution is -2.43. The van der Waals surface area contributed by atoms with Crippen molar-refractivity contribution < 1.29 is 68.1 Å². The molecule has 0 spiro atoms. The van der Waals surface area contributed by atoms with E-state index in [4.69, 9.17) is 18.9 Å². The van der Waals surface area contributed by atoms with E-state index >= 15 is 0 Å². The lowest BCUT2D eigenvalue weighted by atomic mass is 9.71. The molecule has 2 aliphatic carbocycles. The van der Waals surface area contributed by atoms with Crippen LogP contribution >= 0.6 is 0 Å². The van der Waals surface area contributed by atoms with E-state index in [0.717, 1.165) is 45.6 Å². The molecule has 0 fully saturated rings. The summed E-state index contributed by atoms with van der Waals surface area (Å²) in [5, 5.41) is 39.5. The molecule has 0 aromatic heterocycles. The Morgan fingerprint density at radius 2 is 0.909 bits per heavy atom. The minimum Gasteiger partial charge on any atom is -0.502 e. The third-order valence-corrected chi connectivity index (χ3v) is 11.4. The second-order valence-electron chi connectivity index (χ2n) is 18.0. The van der Waals surface area contributed by atoms with Gasteiger partial charge in [-0.3, -0.25) is 9.59 Å². The first-order valence-electron chi connectivity index (χ1n) is 21.4. The predicted molar refractivity (Wildman–Crippen MR) is 246 cm³/mol. The summed E-state index contributed by atoms with van der Waals surface area (Å²) in [5.74, 6) is -6.59. The van der Waals surface area contributed by atoms with Gasteiger partial charge in [-0.15, -0.1) is 0 Å². The van der Waals surface area contributed by atoms with Gasteiger partial charge >= 0.3 is 23.9 Å². The molecule has 14 heteroatoms. The number of aliphatic hydroxyl groups is 4. The van der Waals surface area contributed by atoms with Crippen molar-refractivity contribution in [1.82, 2.24) is 0 Å². The number of ether oxygens (including phenoxy) is 4. The number of allylic oxidation sites excluding steroid dienone is 20. The molecule has 4 rings (SSSR count). The number of rotatable bonds is 16. The highest BCUT2D eigenvalue weighted by molar-refractivity contribution is 6.03. The molecule has 4 aliphatic rings. The molecule has 6 unspecified atom stereocenters. The monoisotopic (exact) mass is 908 g/mol. The van der Waals surface area contributed by atoms with Gasteiger partial charge in [-0.25, -0.2) is 19.2 Å². The standard InChI is InChI=1S/C52H60O14/c1-29(17-13-19-31(3)21-23-35-33(5)43(55)41(27-51(35,7)8)65-49(61)45(57)39-25-37(53)47(59)63-39)15-11-12-16-30(2)18-14-20-32(4)22-24-36-34(6)44(56)42(28-52(36,9)10)66-50(62)46(58)40-26-38(54)48(60)64-40/h11-26,39-42,45-46,53-54,57-58H,27-28H2,1-10H3/b12-11+,17-13+,18-14+,23-21+,24-22+,29-15+,30-16+,31-19+,32-20+. The third kappa shape index (κ3) is 13.5. The Morgan fingerprint density at radius 3 is 1.23 bits per heavy atom. The molecule has 0 aromatic rings. The van der Waals surface area contributed by atoms with Gasteiger partial charge in [0.05, 0.1) is 0 Å².